The number of rotatable bonds is 2. The van der Waals surface area contributed by atoms with Crippen molar-refractivity contribution in [2.24, 2.45) is 0 Å². The number of hydrogen-bond acceptors (Lipinski definition) is 5. The van der Waals surface area contributed by atoms with E-state index in [0.29, 0.717) is 21.4 Å². The van der Waals surface area contributed by atoms with E-state index in [-0.39, 0.29) is 0 Å². The quantitative estimate of drug-likeness (QED) is 0.570. The summed E-state index contributed by atoms with van der Waals surface area (Å²) in [5, 5.41) is 13.1. The highest BCUT2D eigenvalue weighted by Gasteiger charge is 2.15. The summed E-state index contributed by atoms with van der Waals surface area (Å²) < 4.78 is 27.9. The molecule has 3 heterocycles. The van der Waals surface area contributed by atoms with Gasteiger partial charge in [-0.05, 0) is 30.3 Å². The fourth-order valence-corrected chi connectivity index (χ4v) is 2.87. The Morgan fingerprint density at radius 3 is 2.68 bits per heavy atom. The third kappa shape index (κ3) is 2.04. The molecule has 0 saturated carbocycles. The normalized spacial score (nSPS) is 11.2. The number of pyridine rings is 1. The smallest absolute Gasteiger partial charge is 0.235 e. The van der Waals surface area contributed by atoms with Gasteiger partial charge in [0.25, 0.3) is 0 Å². The van der Waals surface area contributed by atoms with Crippen LogP contribution in [0.25, 0.3) is 26.9 Å². The zero-order chi connectivity index (χ0) is 15.1. The van der Waals surface area contributed by atoms with E-state index in [1.807, 2.05) is 6.07 Å². The van der Waals surface area contributed by atoms with E-state index >= 15 is 0 Å². The van der Waals surface area contributed by atoms with Crippen LogP contribution in [0.4, 0.5) is 8.78 Å². The predicted octanol–water partition coefficient (Wildman–Crippen LogP) is 3.19. The molecule has 5 nitrogen and oxygen atoms in total. The lowest BCUT2D eigenvalue weighted by Crippen LogP contribution is -1.92. The number of nitrogens with zero attached hydrogens (tertiary/aromatic N) is 5. The third-order valence-electron chi connectivity index (χ3n) is 3.08. The van der Waals surface area contributed by atoms with Gasteiger partial charge in [-0.15, -0.1) is 10.2 Å². The number of halogens is 2. The monoisotopic (exact) mass is 315 g/mol. The number of fused-ring (bicyclic) bond motifs is 1. The maximum absolute atomic E-state index is 13.3. The second kappa shape index (κ2) is 4.92. The van der Waals surface area contributed by atoms with E-state index in [4.69, 9.17) is 0 Å². The molecule has 0 amide bonds. The molecule has 0 saturated heterocycles. The fraction of sp³-hybridized carbons (Fsp3) is 0. The van der Waals surface area contributed by atoms with Gasteiger partial charge in [0.1, 0.15) is 5.01 Å². The van der Waals surface area contributed by atoms with E-state index in [1.165, 1.54) is 17.4 Å². The van der Waals surface area contributed by atoms with Crippen LogP contribution in [-0.2, 0) is 0 Å². The molecule has 0 aliphatic heterocycles. The molecule has 4 rings (SSSR count). The van der Waals surface area contributed by atoms with Crippen LogP contribution in [0, 0.1) is 11.6 Å². The summed E-state index contributed by atoms with van der Waals surface area (Å²) in [7, 11) is 0. The number of hydrogen-bond donors (Lipinski definition) is 0. The van der Waals surface area contributed by atoms with Gasteiger partial charge in [0.2, 0.25) is 4.96 Å². The topological polar surface area (TPSA) is 56.0 Å². The zero-order valence-electron chi connectivity index (χ0n) is 10.9. The Morgan fingerprint density at radius 1 is 1.00 bits per heavy atom. The Bertz CT molecular complexity index is 964. The Labute approximate surface area is 126 Å². The van der Waals surface area contributed by atoms with Gasteiger partial charge in [-0.25, -0.2) is 8.78 Å². The highest BCUT2D eigenvalue weighted by molar-refractivity contribution is 7.19. The van der Waals surface area contributed by atoms with Crippen molar-refractivity contribution in [2.45, 2.75) is 0 Å². The summed E-state index contributed by atoms with van der Waals surface area (Å²) in [6.45, 7) is 0. The molecule has 0 aliphatic carbocycles. The first-order valence-electron chi connectivity index (χ1n) is 6.30. The second-order valence-electron chi connectivity index (χ2n) is 4.50. The lowest BCUT2D eigenvalue weighted by atomic mass is 10.2. The fourth-order valence-electron chi connectivity index (χ4n) is 2.04. The molecular weight excluding hydrogens is 308 g/mol. The van der Waals surface area contributed by atoms with Gasteiger partial charge in [0, 0.05) is 23.5 Å². The largest absolute Gasteiger partial charge is 0.264 e. The maximum Gasteiger partial charge on any atom is 0.235 e. The van der Waals surface area contributed by atoms with E-state index in [2.05, 4.69) is 20.3 Å². The van der Waals surface area contributed by atoms with Crippen molar-refractivity contribution < 1.29 is 8.78 Å². The molecule has 0 radical (unpaired) electrons. The lowest BCUT2D eigenvalue weighted by Gasteiger charge is -1.97. The van der Waals surface area contributed by atoms with Crippen molar-refractivity contribution in [1.29, 1.82) is 0 Å². The van der Waals surface area contributed by atoms with Crippen molar-refractivity contribution in [2.75, 3.05) is 0 Å². The van der Waals surface area contributed by atoms with Crippen LogP contribution in [0.1, 0.15) is 0 Å². The molecule has 0 fully saturated rings. The van der Waals surface area contributed by atoms with Crippen molar-refractivity contribution in [1.82, 2.24) is 24.8 Å². The molecule has 1 aromatic carbocycles. The van der Waals surface area contributed by atoms with Crippen molar-refractivity contribution in [3.8, 4) is 22.0 Å². The minimum absolute atomic E-state index is 0.492. The molecule has 0 spiro atoms. The highest BCUT2D eigenvalue weighted by atomic mass is 32.1. The van der Waals surface area contributed by atoms with E-state index in [0.717, 1.165) is 17.7 Å². The van der Waals surface area contributed by atoms with Gasteiger partial charge in [0.15, 0.2) is 17.5 Å². The van der Waals surface area contributed by atoms with Crippen molar-refractivity contribution in [3.05, 3.63) is 54.4 Å². The second-order valence-corrected chi connectivity index (χ2v) is 5.45. The summed E-state index contributed by atoms with van der Waals surface area (Å²) >= 11 is 1.25. The van der Waals surface area contributed by atoms with Crippen molar-refractivity contribution >= 4 is 16.3 Å². The molecule has 4 aromatic rings. The lowest BCUT2D eigenvalue weighted by molar-refractivity contribution is 0.509. The summed E-state index contributed by atoms with van der Waals surface area (Å²) in [4.78, 5) is 4.61. The van der Waals surface area contributed by atoms with Crippen molar-refractivity contribution in [3.63, 3.8) is 0 Å². The third-order valence-corrected chi connectivity index (χ3v) is 4.03. The van der Waals surface area contributed by atoms with Gasteiger partial charge in [-0.2, -0.15) is 9.61 Å². The summed E-state index contributed by atoms with van der Waals surface area (Å²) in [6, 6.07) is 7.31. The molecule has 0 bridgehead atoms. The molecule has 0 N–H and O–H groups in total. The van der Waals surface area contributed by atoms with Crippen LogP contribution in [0.5, 0.6) is 0 Å². The van der Waals surface area contributed by atoms with E-state index < -0.39 is 11.6 Å². The van der Waals surface area contributed by atoms with Crippen LogP contribution >= 0.6 is 11.3 Å². The van der Waals surface area contributed by atoms with Gasteiger partial charge in [-0.1, -0.05) is 11.3 Å². The summed E-state index contributed by atoms with van der Waals surface area (Å²) in [6.07, 6.45) is 3.32. The van der Waals surface area contributed by atoms with Crippen LogP contribution in [-0.4, -0.2) is 24.8 Å². The SMILES string of the molecule is Fc1ccc(-c2nn3c(-c4cccnc4)nnc3s2)cc1F. The zero-order valence-corrected chi connectivity index (χ0v) is 11.8. The molecule has 0 atom stereocenters. The summed E-state index contributed by atoms with van der Waals surface area (Å²) in [5.41, 5.74) is 1.27. The van der Waals surface area contributed by atoms with Gasteiger partial charge < -0.3 is 0 Å². The predicted molar refractivity (Wildman–Crippen MR) is 77.2 cm³/mol. The van der Waals surface area contributed by atoms with Crippen LogP contribution in [0.3, 0.4) is 0 Å². The first-order chi connectivity index (χ1) is 10.7. The molecule has 0 aliphatic rings. The molecule has 22 heavy (non-hydrogen) atoms. The van der Waals surface area contributed by atoms with E-state index in [9.17, 15) is 8.78 Å². The first-order valence-corrected chi connectivity index (χ1v) is 7.12. The average Bonchev–Trinajstić information content (AvgIpc) is 3.11. The van der Waals surface area contributed by atoms with Crippen LogP contribution in [0.2, 0.25) is 0 Å². The molecule has 0 unspecified atom stereocenters. The van der Waals surface area contributed by atoms with Crippen LogP contribution < -0.4 is 0 Å². The Morgan fingerprint density at radius 2 is 1.91 bits per heavy atom. The standard InChI is InChI=1S/C14H7F2N5S/c15-10-4-3-8(6-11(10)16)13-20-21-12(18-19-14(21)22-13)9-2-1-5-17-7-9/h1-7H. The number of benzene rings is 1. The van der Waals surface area contributed by atoms with Gasteiger partial charge in [-0.3, -0.25) is 4.98 Å². The van der Waals surface area contributed by atoms with E-state index in [1.54, 1.807) is 23.0 Å². The molecule has 8 heteroatoms. The number of aromatic nitrogens is 5. The highest BCUT2D eigenvalue weighted by Crippen LogP contribution is 2.28. The first kappa shape index (κ1) is 13.0. The van der Waals surface area contributed by atoms with Gasteiger partial charge >= 0.3 is 0 Å². The minimum Gasteiger partial charge on any atom is -0.264 e. The molecule has 3 aromatic heterocycles. The molecular formula is C14H7F2N5S. The average molecular weight is 315 g/mol. The van der Waals surface area contributed by atoms with Crippen LogP contribution in [0.15, 0.2) is 42.7 Å². The van der Waals surface area contributed by atoms with Gasteiger partial charge in [0.05, 0.1) is 0 Å². The molecule has 108 valence electrons. The summed E-state index contributed by atoms with van der Waals surface area (Å²) in [5.74, 6) is -1.24. The maximum atomic E-state index is 13.3. The Hall–Kier alpha value is -2.74. The Balaban J connectivity index is 1.85. The Kier molecular flexibility index (Phi) is 2.90. The minimum atomic E-state index is -0.907.